The topological polar surface area (TPSA) is 68.0 Å². The van der Waals surface area contributed by atoms with E-state index in [0.717, 1.165) is 5.69 Å². The van der Waals surface area contributed by atoms with Gasteiger partial charge >= 0.3 is 0 Å². The average Bonchev–Trinajstić information content (AvgIpc) is 2.89. The van der Waals surface area contributed by atoms with E-state index in [9.17, 15) is 9.90 Å². The standard InChI is InChI=1S/C16H11N3O2S/c1-9-18-13-12-11(20)7-8-17-15(12)22-14(13)16(21)19(9)10-5-3-2-4-6-10/h2-8H,1H3,(H,17,20). The molecule has 108 valence electrons. The Hall–Kier alpha value is -2.73. The van der Waals surface area contributed by atoms with Crippen LogP contribution in [0.5, 0.6) is 5.75 Å². The van der Waals surface area contributed by atoms with Crippen LogP contribution in [0.4, 0.5) is 0 Å². The normalized spacial score (nSPS) is 11.3. The Bertz CT molecular complexity index is 1070. The van der Waals surface area contributed by atoms with E-state index in [2.05, 4.69) is 9.97 Å². The molecule has 5 nitrogen and oxygen atoms in total. The summed E-state index contributed by atoms with van der Waals surface area (Å²) in [7, 11) is 0. The molecule has 0 aliphatic carbocycles. The van der Waals surface area contributed by atoms with E-state index in [4.69, 9.17) is 0 Å². The summed E-state index contributed by atoms with van der Waals surface area (Å²) in [6.45, 7) is 1.78. The molecule has 0 fully saturated rings. The first kappa shape index (κ1) is 13.0. The van der Waals surface area contributed by atoms with Crippen molar-refractivity contribution in [2.75, 3.05) is 0 Å². The molecule has 3 aromatic heterocycles. The molecule has 0 unspecified atom stereocenters. The fourth-order valence-corrected chi connectivity index (χ4v) is 3.62. The summed E-state index contributed by atoms with van der Waals surface area (Å²) in [6.07, 6.45) is 1.52. The van der Waals surface area contributed by atoms with Crippen LogP contribution in [0.3, 0.4) is 0 Å². The van der Waals surface area contributed by atoms with Crippen molar-refractivity contribution < 1.29 is 5.11 Å². The molecule has 0 aliphatic heterocycles. The maximum Gasteiger partial charge on any atom is 0.276 e. The van der Waals surface area contributed by atoms with Gasteiger partial charge < -0.3 is 5.11 Å². The Labute approximate surface area is 129 Å². The predicted octanol–water partition coefficient (Wildman–Crippen LogP) is 3.01. The Morgan fingerprint density at radius 3 is 2.73 bits per heavy atom. The summed E-state index contributed by atoms with van der Waals surface area (Å²) < 4.78 is 2.08. The zero-order chi connectivity index (χ0) is 15.3. The van der Waals surface area contributed by atoms with E-state index in [1.54, 1.807) is 11.5 Å². The molecule has 3 heterocycles. The van der Waals surface area contributed by atoms with Gasteiger partial charge in [-0.3, -0.25) is 9.36 Å². The molecule has 22 heavy (non-hydrogen) atoms. The van der Waals surface area contributed by atoms with Gasteiger partial charge in [0.05, 0.1) is 11.1 Å². The first-order valence-electron chi connectivity index (χ1n) is 6.72. The lowest BCUT2D eigenvalue weighted by Gasteiger charge is -2.09. The quantitative estimate of drug-likeness (QED) is 0.587. The minimum absolute atomic E-state index is 0.0972. The number of hydrogen-bond acceptors (Lipinski definition) is 5. The van der Waals surface area contributed by atoms with Crippen molar-refractivity contribution in [2.45, 2.75) is 6.92 Å². The molecule has 4 aromatic rings. The molecule has 0 saturated carbocycles. The Kier molecular flexibility index (Phi) is 2.74. The number of aryl methyl sites for hydroxylation is 1. The first-order valence-corrected chi connectivity index (χ1v) is 7.54. The summed E-state index contributed by atoms with van der Waals surface area (Å²) in [6, 6.07) is 10.9. The largest absolute Gasteiger partial charge is 0.507 e. The summed E-state index contributed by atoms with van der Waals surface area (Å²) in [5.41, 5.74) is 1.14. The molecule has 0 aliphatic rings. The molecule has 0 bridgehead atoms. The van der Waals surface area contributed by atoms with Crippen molar-refractivity contribution in [1.82, 2.24) is 14.5 Å². The molecule has 6 heteroatoms. The van der Waals surface area contributed by atoms with Crippen LogP contribution in [0.2, 0.25) is 0 Å². The number of nitrogens with zero attached hydrogens (tertiary/aromatic N) is 3. The molecule has 1 aromatic carbocycles. The number of hydrogen-bond donors (Lipinski definition) is 1. The summed E-state index contributed by atoms with van der Waals surface area (Å²) in [4.78, 5) is 22.2. The summed E-state index contributed by atoms with van der Waals surface area (Å²) in [5.74, 6) is 0.673. The monoisotopic (exact) mass is 309 g/mol. The molecule has 0 radical (unpaired) electrons. The highest BCUT2D eigenvalue weighted by atomic mass is 32.1. The second kappa shape index (κ2) is 4.64. The van der Waals surface area contributed by atoms with Crippen molar-refractivity contribution in [1.29, 1.82) is 0 Å². The van der Waals surface area contributed by atoms with Crippen molar-refractivity contribution in [3.05, 3.63) is 58.8 Å². The fraction of sp³-hybridized carbons (Fsp3) is 0.0625. The predicted molar refractivity (Wildman–Crippen MR) is 86.9 cm³/mol. The minimum Gasteiger partial charge on any atom is -0.507 e. The van der Waals surface area contributed by atoms with Gasteiger partial charge in [-0.2, -0.15) is 0 Å². The highest BCUT2D eigenvalue weighted by molar-refractivity contribution is 7.25. The second-order valence-corrected chi connectivity index (χ2v) is 5.92. The van der Waals surface area contributed by atoms with Crippen LogP contribution < -0.4 is 5.56 Å². The van der Waals surface area contributed by atoms with Crippen LogP contribution in [0, 0.1) is 6.92 Å². The zero-order valence-corrected chi connectivity index (χ0v) is 12.5. The molecule has 0 atom stereocenters. The lowest BCUT2D eigenvalue weighted by molar-refractivity contribution is 0.481. The maximum absolute atomic E-state index is 12.9. The van der Waals surface area contributed by atoms with Gasteiger partial charge in [-0.15, -0.1) is 11.3 Å². The number of aromatic hydroxyl groups is 1. The van der Waals surface area contributed by atoms with Gasteiger partial charge in [0.15, 0.2) is 0 Å². The van der Waals surface area contributed by atoms with Crippen LogP contribution in [0.1, 0.15) is 5.82 Å². The van der Waals surface area contributed by atoms with Crippen molar-refractivity contribution in [2.24, 2.45) is 0 Å². The van der Waals surface area contributed by atoms with E-state index in [1.165, 1.54) is 23.6 Å². The second-order valence-electron chi connectivity index (χ2n) is 4.93. The van der Waals surface area contributed by atoms with Gasteiger partial charge in [-0.1, -0.05) is 18.2 Å². The third-order valence-corrected chi connectivity index (χ3v) is 4.63. The van der Waals surface area contributed by atoms with E-state index >= 15 is 0 Å². The molecule has 4 rings (SSSR count). The van der Waals surface area contributed by atoms with Gasteiger partial charge in [-0.05, 0) is 25.1 Å². The Morgan fingerprint density at radius 1 is 1.18 bits per heavy atom. The molecule has 0 amide bonds. The van der Waals surface area contributed by atoms with E-state index in [-0.39, 0.29) is 11.3 Å². The maximum atomic E-state index is 12.9. The van der Waals surface area contributed by atoms with E-state index in [0.29, 0.717) is 26.3 Å². The number of fused-ring (bicyclic) bond motifs is 3. The van der Waals surface area contributed by atoms with Crippen molar-refractivity contribution in [3.8, 4) is 11.4 Å². The third kappa shape index (κ3) is 1.74. The number of rotatable bonds is 1. The van der Waals surface area contributed by atoms with E-state index < -0.39 is 0 Å². The average molecular weight is 309 g/mol. The number of benzene rings is 1. The highest BCUT2D eigenvalue weighted by Crippen LogP contribution is 2.34. The molecule has 0 saturated heterocycles. The van der Waals surface area contributed by atoms with Crippen LogP contribution in [0.25, 0.3) is 26.1 Å². The number of thiophene rings is 1. The van der Waals surface area contributed by atoms with Gasteiger partial charge in [0, 0.05) is 6.20 Å². The Morgan fingerprint density at radius 2 is 1.95 bits per heavy atom. The molecule has 1 N–H and O–H groups in total. The van der Waals surface area contributed by atoms with Gasteiger partial charge in [0.25, 0.3) is 5.56 Å². The minimum atomic E-state index is -0.142. The van der Waals surface area contributed by atoms with Crippen LogP contribution in [-0.4, -0.2) is 19.6 Å². The fourth-order valence-electron chi connectivity index (χ4n) is 2.58. The molecular formula is C16H11N3O2S. The molecular weight excluding hydrogens is 298 g/mol. The van der Waals surface area contributed by atoms with Crippen molar-refractivity contribution >= 4 is 31.8 Å². The van der Waals surface area contributed by atoms with Gasteiger partial charge in [0.1, 0.15) is 26.6 Å². The van der Waals surface area contributed by atoms with Crippen LogP contribution in [-0.2, 0) is 0 Å². The summed E-state index contributed by atoms with van der Waals surface area (Å²) >= 11 is 1.25. The number of aromatic nitrogens is 3. The van der Waals surface area contributed by atoms with Gasteiger partial charge in [0.2, 0.25) is 0 Å². The molecule has 0 spiro atoms. The number of para-hydroxylation sites is 1. The highest BCUT2D eigenvalue weighted by Gasteiger charge is 2.17. The SMILES string of the molecule is Cc1nc2c(sc3nccc(O)c32)c(=O)n1-c1ccccc1. The van der Waals surface area contributed by atoms with Gasteiger partial charge in [-0.25, -0.2) is 9.97 Å². The first-order chi connectivity index (χ1) is 10.7. The lowest BCUT2D eigenvalue weighted by Crippen LogP contribution is -2.21. The van der Waals surface area contributed by atoms with Crippen LogP contribution in [0.15, 0.2) is 47.4 Å². The lowest BCUT2D eigenvalue weighted by atomic mass is 10.2. The smallest absolute Gasteiger partial charge is 0.276 e. The zero-order valence-electron chi connectivity index (χ0n) is 11.6. The van der Waals surface area contributed by atoms with Crippen molar-refractivity contribution in [3.63, 3.8) is 0 Å². The Balaban J connectivity index is 2.17. The number of pyridine rings is 1. The van der Waals surface area contributed by atoms with Crippen LogP contribution >= 0.6 is 11.3 Å². The third-order valence-electron chi connectivity index (χ3n) is 3.55. The summed E-state index contributed by atoms with van der Waals surface area (Å²) in [5, 5.41) is 10.6. The van der Waals surface area contributed by atoms with E-state index in [1.807, 2.05) is 30.3 Å².